The Kier molecular flexibility index (Phi) is 5.68. The highest BCUT2D eigenvalue weighted by Crippen LogP contribution is 2.27. The Morgan fingerprint density at radius 1 is 1.04 bits per heavy atom. The van der Waals surface area contributed by atoms with Gasteiger partial charge in [-0.2, -0.15) is 0 Å². The third-order valence-corrected chi connectivity index (χ3v) is 5.46. The summed E-state index contributed by atoms with van der Waals surface area (Å²) in [6.45, 7) is 4.93. The van der Waals surface area contributed by atoms with E-state index in [0.29, 0.717) is 5.92 Å². The Bertz CT molecular complexity index is 736. The molecule has 1 aromatic carbocycles. The second-order valence-corrected chi connectivity index (χ2v) is 7.52. The van der Waals surface area contributed by atoms with Crippen molar-refractivity contribution < 1.29 is 9.53 Å². The number of carbonyl (C=O) groups is 1. The zero-order valence-corrected chi connectivity index (χ0v) is 15.7. The summed E-state index contributed by atoms with van der Waals surface area (Å²) in [6.07, 6.45) is 5.31. The number of pyridine rings is 1. The van der Waals surface area contributed by atoms with E-state index in [0.717, 1.165) is 51.3 Å². The highest BCUT2D eigenvalue weighted by atomic mass is 16.5. The van der Waals surface area contributed by atoms with Gasteiger partial charge in [-0.25, -0.2) is 0 Å². The van der Waals surface area contributed by atoms with Gasteiger partial charge in [-0.1, -0.05) is 18.2 Å². The van der Waals surface area contributed by atoms with Crippen molar-refractivity contribution in [3.63, 3.8) is 0 Å². The molecule has 2 saturated heterocycles. The van der Waals surface area contributed by atoms with Gasteiger partial charge in [0.2, 0.25) is 0 Å². The van der Waals surface area contributed by atoms with E-state index in [4.69, 9.17) is 4.74 Å². The van der Waals surface area contributed by atoms with E-state index >= 15 is 0 Å². The van der Waals surface area contributed by atoms with Crippen molar-refractivity contribution in [2.24, 2.45) is 0 Å². The number of benzene rings is 1. The summed E-state index contributed by atoms with van der Waals surface area (Å²) >= 11 is 0. The summed E-state index contributed by atoms with van der Waals surface area (Å²) in [4.78, 5) is 21.0. The summed E-state index contributed by atoms with van der Waals surface area (Å²) in [5.74, 6) is 1.41. The Labute approximate surface area is 161 Å². The molecule has 0 unspecified atom stereocenters. The predicted octanol–water partition coefficient (Wildman–Crippen LogP) is 3.07. The van der Waals surface area contributed by atoms with E-state index < -0.39 is 0 Å². The molecule has 0 atom stereocenters. The first-order valence-electron chi connectivity index (χ1n) is 9.91. The zero-order chi connectivity index (χ0) is 18.5. The van der Waals surface area contributed by atoms with Crippen molar-refractivity contribution in [1.29, 1.82) is 0 Å². The number of hydrogen-bond donors (Lipinski definition) is 0. The molecule has 0 aliphatic carbocycles. The molecule has 3 heterocycles. The van der Waals surface area contributed by atoms with Crippen molar-refractivity contribution in [3.8, 4) is 5.75 Å². The molecule has 27 heavy (non-hydrogen) atoms. The van der Waals surface area contributed by atoms with Crippen LogP contribution in [0.15, 0.2) is 48.7 Å². The first kappa shape index (κ1) is 18.0. The first-order chi connectivity index (χ1) is 13.3. The lowest BCUT2D eigenvalue weighted by Crippen LogP contribution is -2.44. The van der Waals surface area contributed by atoms with Gasteiger partial charge < -0.3 is 9.64 Å². The van der Waals surface area contributed by atoms with Crippen molar-refractivity contribution in [3.05, 3.63) is 59.9 Å². The van der Waals surface area contributed by atoms with Crippen molar-refractivity contribution >= 4 is 5.91 Å². The molecular weight excluding hydrogens is 338 g/mol. The number of hydrogen-bond acceptors (Lipinski definition) is 4. The largest absolute Gasteiger partial charge is 0.484 e. The van der Waals surface area contributed by atoms with Crippen molar-refractivity contribution in [1.82, 2.24) is 14.8 Å². The first-order valence-corrected chi connectivity index (χ1v) is 9.91. The van der Waals surface area contributed by atoms with Gasteiger partial charge in [-0.05, 0) is 49.1 Å². The van der Waals surface area contributed by atoms with Gasteiger partial charge in [0.15, 0.2) is 6.61 Å². The average molecular weight is 365 g/mol. The number of rotatable bonds is 6. The van der Waals surface area contributed by atoms with E-state index in [1.165, 1.54) is 17.7 Å². The molecule has 4 rings (SSSR count). The Balaban J connectivity index is 1.21. The lowest BCUT2D eigenvalue weighted by Gasteiger charge is -2.39. The standard InChI is InChI=1S/C22H27N3O2/c26-22(25-12-4-1-5-13-25)17-27-20-9-7-18(8-10-20)14-24-15-19(16-24)21-6-2-3-11-23-21/h2-3,6-11,19H,1,4-5,12-17H2. The molecule has 5 heteroatoms. The molecule has 2 aliphatic heterocycles. The molecule has 0 radical (unpaired) electrons. The lowest BCUT2D eigenvalue weighted by molar-refractivity contribution is -0.134. The van der Waals surface area contributed by atoms with Gasteiger partial charge in [0.1, 0.15) is 5.75 Å². The number of carbonyl (C=O) groups excluding carboxylic acids is 1. The Morgan fingerprint density at radius 2 is 1.81 bits per heavy atom. The topological polar surface area (TPSA) is 45.7 Å². The van der Waals surface area contributed by atoms with Crippen LogP contribution in [0.1, 0.15) is 36.4 Å². The van der Waals surface area contributed by atoms with Gasteiger partial charge in [0, 0.05) is 50.5 Å². The quantitative estimate of drug-likeness (QED) is 0.789. The number of likely N-dealkylation sites (tertiary alicyclic amines) is 2. The fraction of sp³-hybridized carbons (Fsp3) is 0.455. The maximum absolute atomic E-state index is 12.2. The van der Waals surface area contributed by atoms with Gasteiger partial charge in [-0.3, -0.25) is 14.7 Å². The molecular formula is C22H27N3O2. The van der Waals surface area contributed by atoms with Crippen LogP contribution in [0.25, 0.3) is 0 Å². The maximum Gasteiger partial charge on any atom is 0.260 e. The molecule has 2 fully saturated rings. The summed E-state index contributed by atoms with van der Waals surface area (Å²) in [6, 6.07) is 14.2. The number of piperidine rings is 1. The molecule has 2 aromatic rings. The smallest absolute Gasteiger partial charge is 0.260 e. The Hall–Kier alpha value is -2.40. The van der Waals surface area contributed by atoms with Crippen LogP contribution in [0.2, 0.25) is 0 Å². The van der Waals surface area contributed by atoms with Crippen LogP contribution in [0, 0.1) is 0 Å². The minimum atomic E-state index is 0.0971. The van der Waals surface area contributed by atoms with Crippen LogP contribution in [0.3, 0.4) is 0 Å². The fourth-order valence-corrected chi connectivity index (χ4v) is 3.83. The summed E-state index contributed by atoms with van der Waals surface area (Å²) in [7, 11) is 0. The third-order valence-electron chi connectivity index (χ3n) is 5.46. The van der Waals surface area contributed by atoms with Crippen LogP contribution >= 0.6 is 0 Å². The van der Waals surface area contributed by atoms with E-state index in [-0.39, 0.29) is 12.5 Å². The molecule has 1 aromatic heterocycles. The van der Waals surface area contributed by atoms with E-state index in [2.05, 4.69) is 34.1 Å². The van der Waals surface area contributed by atoms with Crippen LogP contribution in [-0.4, -0.2) is 53.5 Å². The fourth-order valence-electron chi connectivity index (χ4n) is 3.83. The molecule has 0 N–H and O–H groups in total. The molecule has 0 saturated carbocycles. The summed E-state index contributed by atoms with van der Waals surface area (Å²) < 4.78 is 5.68. The van der Waals surface area contributed by atoms with Gasteiger partial charge in [-0.15, -0.1) is 0 Å². The number of ether oxygens (including phenoxy) is 1. The molecule has 0 bridgehead atoms. The van der Waals surface area contributed by atoms with E-state index in [9.17, 15) is 4.79 Å². The summed E-state index contributed by atoms with van der Waals surface area (Å²) in [5.41, 5.74) is 2.46. The molecule has 5 nitrogen and oxygen atoms in total. The zero-order valence-electron chi connectivity index (χ0n) is 15.7. The monoisotopic (exact) mass is 365 g/mol. The van der Waals surface area contributed by atoms with Gasteiger partial charge in [0.25, 0.3) is 5.91 Å². The SMILES string of the molecule is O=C(COc1ccc(CN2CC(c3ccccn3)C2)cc1)N1CCCCC1. The second kappa shape index (κ2) is 8.53. The van der Waals surface area contributed by atoms with Crippen LogP contribution in [0.4, 0.5) is 0 Å². The predicted molar refractivity (Wildman–Crippen MR) is 105 cm³/mol. The summed E-state index contributed by atoms with van der Waals surface area (Å²) in [5, 5.41) is 0. The second-order valence-electron chi connectivity index (χ2n) is 7.52. The average Bonchev–Trinajstić information content (AvgIpc) is 2.71. The van der Waals surface area contributed by atoms with Gasteiger partial charge in [0.05, 0.1) is 0 Å². The number of nitrogens with zero attached hydrogens (tertiary/aromatic N) is 3. The molecule has 0 spiro atoms. The van der Waals surface area contributed by atoms with Gasteiger partial charge >= 0.3 is 0 Å². The van der Waals surface area contributed by atoms with E-state index in [1.807, 2.05) is 29.3 Å². The Morgan fingerprint density at radius 3 is 2.52 bits per heavy atom. The third kappa shape index (κ3) is 4.66. The van der Waals surface area contributed by atoms with Crippen LogP contribution < -0.4 is 4.74 Å². The highest BCUT2D eigenvalue weighted by molar-refractivity contribution is 5.77. The van der Waals surface area contributed by atoms with Crippen LogP contribution in [0.5, 0.6) is 5.75 Å². The minimum absolute atomic E-state index is 0.0971. The molecule has 142 valence electrons. The highest BCUT2D eigenvalue weighted by Gasteiger charge is 2.28. The normalized spacial score (nSPS) is 18.1. The van der Waals surface area contributed by atoms with Crippen molar-refractivity contribution in [2.75, 3.05) is 32.8 Å². The van der Waals surface area contributed by atoms with Crippen molar-refractivity contribution in [2.45, 2.75) is 31.7 Å². The maximum atomic E-state index is 12.2. The van der Waals surface area contributed by atoms with Crippen LogP contribution in [-0.2, 0) is 11.3 Å². The number of amides is 1. The minimum Gasteiger partial charge on any atom is -0.484 e. The molecule has 2 aliphatic rings. The van der Waals surface area contributed by atoms with E-state index in [1.54, 1.807) is 0 Å². The number of aromatic nitrogens is 1. The lowest BCUT2D eigenvalue weighted by atomic mass is 9.95. The molecule has 1 amide bonds.